The van der Waals surface area contributed by atoms with Crippen molar-refractivity contribution in [3.05, 3.63) is 131 Å². The van der Waals surface area contributed by atoms with Gasteiger partial charge in [-0.2, -0.15) is 0 Å². The molecular weight excluding hydrogens is 564 g/mol. The Morgan fingerprint density at radius 2 is 1.09 bits per heavy atom. The molecule has 0 saturated carbocycles. The summed E-state index contributed by atoms with van der Waals surface area (Å²) < 4.78 is 16.9. The molecular formula is C42H40N2O2+2. The number of aryl methyl sites for hydroxylation is 8. The predicted molar refractivity (Wildman–Crippen MR) is 189 cm³/mol. The molecule has 0 aliphatic rings. The smallest absolute Gasteiger partial charge is 0.216 e. The highest BCUT2D eigenvalue weighted by Gasteiger charge is 2.23. The molecule has 0 bridgehead atoms. The second kappa shape index (κ2) is 11.3. The maximum Gasteiger partial charge on any atom is 0.216 e. The van der Waals surface area contributed by atoms with Crippen molar-refractivity contribution < 1.29 is 18.0 Å². The van der Waals surface area contributed by atoms with Gasteiger partial charge in [-0.15, -0.1) is 0 Å². The Kier molecular flexibility index (Phi) is 7.24. The van der Waals surface area contributed by atoms with Crippen molar-refractivity contribution in [2.24, 2.45) is 14.1 Å². The molecule has 0 saturated heterocycles. The Morgan fingerprint density at radius 1 is 0.457 bits per heavy atom. The lowest BCUT2D eigenvalue weighted by atomic mass is 9.97. The largest absolute Gasteiger partial charge is 0.455 e. The maximum absolute atomic E-state index is 6.27. The first kappa shape index (κ1) is 29.5. The lowest BCUT2D eigenvalue weighted by Gasteiger charge is -2.08. The summed E-state index contributed by atoms with van der Waals surface area (Å²) in [7, 11) is 4.19. The zero-order chi connectivity index (χ0) is 32.3. The van der Waals surface area contributed by atoms with Crippen molar-refractivity contribution in [2.75, 3.05) is 0 Å². The third kappa shape index (κ3) is 4.85. The summed E-state index contributed by atoms with van der Waals surface area (Å²) in [5.41, 5.74) is 16.2. The second-order valence-corrected chi connectivity index (χ2v) is 12.8. The molecule has 228 valence electrons. The molecule has 0 spiro atoms. The molecule has 4 heterocycles. The molecule has 0 fully saturated rings. The van der Waals surface area contributed by atoms with Crippen LogP contribution in [-0.2, 0) is 14.1 Å². The standard InChI is InChI=1S/2C21H20NO/c1-13-9-10-17-16-7-5-6-8-19(16)23-21(17)20(13)18-11-14(2)15(3)12-22(18)4;1-13-9-10-17(22(4)12-13)20-15(3)11-14(2)19-16-7-5-6-8-18(16)23-21(19)20/h2*5-12H,1-4H3/q2*+1. The highest BCUT2D eigenvalue weighted by atomic mass is 16.3. The van der Waals surface area contributed by atoms with Gasteiger partial charge in [0.2, 0.25) is 11.4 Å². The van der Waals surface area contributed by atoms with Crippen LogP contribution in [0.15, 0.2) is 106 Å². The van der Waals surface area contributed by atoms with E-state index in [1.165, 1.54) is 77.4 Å². The summed E-state index contributed by atoms with van der Waals surface area (Å²) in [5, 5.41) is 4.77. The Hall–Kier alpha value is -5.22. The molecule has 0 radical (unpaired) electrons. The van der Waals surface area contributed by atoms with E-state index in [1.54, 1.807) is 0 Å². The summed E-state index contributed by atoms with van der Waals surface area (Å²) in [4.78, 5) is 0. The van der Waals surface area contributed by atoms with Gasteiger partial charge < -0.3 is 8.83 Å². The van der Waals surface area contributed by atoms with E-state index in [0.29, 0.717) is 0 Å². The normalized spacial score (nSPS) is 11.5. The minimum Gasteiger partial charge on any atom is -0.455 e. The van der Waals surface area contributed by atoms with E-state index >= 15 is 0 Å². The van der Waals surface area contributed by atoms with E-state index < -0.39 is 0 Å². The Balaban J connectivity index is 0.000000147. The quantitative estimate of drug-likeness (QED) is 0.184. The van der Waals surface area contributed by atoms with Gasteiger partial charge in [0.15, 0.2) is 12.4 Å². The molecule has 4 aromatic heterocycles. The van der Waals surface area contributed by atoms with Gasteiger partial charge in [0, 0.05) is 44.8 Å². The van der Waals surface area contributed by atoms with Crippen LogP contribution in [0.5, 0.6) is 0 Å². The van der Waals surface area contributed by atoms with Gasteiger partial charge in [0.1, 0.15) is 36.4 Å². The molecule has 46 heavy (non-hydrogen) atoms. The van der Waals surface area contributed by atoms with Gasteiger partial charge in [0.25, 0.3) is 0 Å². The average Bonchev–Trinajstić information content (AvgIpc) is 3.59. The fraction of sp³-hybridized carbons (Fsp3) is 0.190. The summed E-state index contributed by atoms with van der Waals surface area (Å²) in [6.45, 7) is 12.9. The van der Waals surface area contributed by atoms with E-state index in [4.69, 9.17) is 8.83 Å². The van der Waals surface area contributed by atoms with Crippen molar-refractivity contribution in [3.63, 3.8) is 0 Å². The van der Waals surface area contributed by atoms with E-state index in [1.807, 2.05) is 24.3 Å². The average molecular weight is 605 g/mol. The van der Waals surface area contributed by atoms with Crippen LogP contribution < -0.4 is 9.13 Å². The zero-order valence-electron chi connectivity index (χ0n) is 27.9. The molecule has 0 aliphatic heterocycles. The van der Waals surface area contributed by atoms with Crippen LogP contribution in [-0.4, -0.2) is 0 Å². The number of furan rings is 2. The van der Waals surface area contributed by atoms with Crippen LogP contribution in [0, 0.1) is 41.5 Å². The van der Waals surface area contributed by atoms with Gasteiger partial charge in [-0.3, -0.25) is 0 Å². The molecule has 0 N–H and O–H groups in total. The molecule has 4 nitrogen and oxygen atoms in total. The summed E-state index contributed by atoms with van der Waals surface area (Å²) >= 11 is 0. The SMILES string of the molecule is Cc1cc(-c2c(C)ccc3c2oc2ccccc23)[n+](C)cc1C.Cc1ccc(-c2c(C)cc(C)c3c2oc2ccccc23)[n+](C)c1. The van der Waals surface area contributed by atoms with E-state index in [0.717, 1.165) is 22.3 Å². The Bertz CT molecular complexity index is 2460. The van der Waals surface area contributed by atoms with Crippen LogP contribution in [0.1, 0.15) is 33.4 Å². The fourth-order valence-electron chi connectivity index (χ4n) is 6.92. The van der Waals surface area contributed by atoms with Crippen LogP contribution in [0.4, 0.5) is 0 Å². The van der Waals surface area contributed by atoms with Gasteiger partial charge in [-0.05, 0) is 82.0 Å². The van der Waals surface area contributed by atoms with Crippen molar-refractivity contribution >= 4 is 43.9 Å². The lowest BCUT2D eigenvalue weighted by Crippen LogP contribution is -2.31. The van der Waals surface area contributed by atoms with Gasteiger partial charge in [0.05, 0.1) is 11.1 Å². The number of aromatic nitrogens is 2. The predicted octanol–water partition coefficient (Wildman–Crippen LogP) is 10.0. The third-order valence-corrected chi connectivity index (χ3v) is 9.34. The number of benzene rings is 4. The van der Waals surface area contributed by atoms with Crippen molar-refractivity contribution in [2.45, 2.75) is 41.5 Å². The van der Waals surface area contributed by atoms with Crippen LogP contribution in [0.25, 0.3) is 66.4 Å². The van der Waals surface area contributed by atoms with E-state index in [2.05, 4.69) is 138 Å². The number of hydrogen-bond donors (Lipinski definition) is 0. The molecule has 8 aromatic rings. The Morgan fingerprint density at radius 3 is 1.83 bits per heavy atom. The highest BCUT2D eigenvalue weighted by Crippen LogP contribution is 2.39. The number of pyridine rings is 2. The molecule has 0 atom stereocenters. The highest BCUT2D eigenvalue weighted by molar-refractivity contribution is 6.11. The fourth-order valence-corrected chi connectivity index (χ4v) is 6.92. The first-order chi connectivity index (χ1) is 22.1. The first-order valence-corrected chi connectivity index (χ1v) is 15.9. The van der Waals surface area contributed by atoms with Gasteiger partial charge >= 0.3 is 0 Å². The van der Waals surface area contributed by atoms with Crippen molar-refractivity contribution in [3.8, 4) is 22.5 Å². The molecule has 4 aromatic carbocycles. The number of fused-ring (bicyclic) bond motifs is 6. The minimum atomic E-state index is 0.945. The number of hydrogen-bond acceptors (Lipinski definition) is 2. The van der Waals surface area contributed by atoms with E-state index in [-0.39, 0.29) is 0 Å². The molecule has 0 unspecified atom stereocenters. The van der Waals surface area contributed by atoms with Crippen LogP contribution in [0.3, 0.4) is 0 Å². The van der Waals surface area contributed by atoms with E-state index in [9.17, 15) is 0 Å². The monoisotopic (exact) mass is 604 g/mol. The lowest BCUT2D eigenvalue weighted by molar-refractivity contribution is -0.660. The minimum absolute atomic E-state index is 0.945. The molecule has 0 aliphatic carbocycles. The third-order valence-electron chi connectivity index (χ3n) is 9.34. The number of rotatable bonds is 2. The summed E-state index contributed by atoms with van der Waals surface area (Å²) in [5.74, 6) is 0. The Labute approximate surface area is 270 Å². The first-order valence-electron chi connectivity index (χ1n) is 15.9. The maximum atomic E-state index is 6.27. The second-order valence-electron chi connectivity index (χ2n) is 12.8. The molecule has 4 heteroatoms. The van der Waals surface area contributed by atoms with Crippen LogP contribution in [0.2, 0.25) is 0 Å². The van der Waals surface area contributed by atoms with Crippen molar-refractivity contribution in [1.82, 2.24) is 0 Å². The number of nitrogens with zero attached hydrogens (tertiary/aromatic N) is 2. The topological polar surface area (TPSA) is 34.0 Å². The molecule has 0 amide bonds. The van der Waals surface area contributed by atoms with Gasteiger partial charge in [-0.25, -0.2) is 9.13 Å². The zero-order valence-corrected chi connectivity index (χ0v) is 27.9. The molecule has 8 rings (SSSR count). The summed E-state index contributed by atoms with van der Waals surface area (Å²) in [6, 6.07) is 29.7. The van der Waals surface area contributed by atoms with Crippen molar-refractivity contribution in [1.29, 1.82) is 0 Å². The van der Waals surface area contributed by atoms with Gasteiger partial charge in [-0.1, -0.05) is 54.6 Å². The number of para-hydroxylation sites is 2. The van der Waals surface area contributed by atoms with Crippen LogP contribution >= 0.6 is 0 Å². The summed E-state index contributed by atoms with van der Waals surface area (Å²) in [6.07, 6.45) is 4.34.